The Morgan fingerprint density at radius 2 is 2.08 bits per heavy atom. The monoisotopic (exact) mass is 178 g/mol. The second-order valence-corrected chi connectivity index (χ2v) is 2.21. The van der Waals surface area contributed by atoms with E-state index in [0.29, 0.717) is 0 Å². The lowest BCUT2D eigenvalue weighted by Crippen LogP contribution is -2.07. The van der Waals surface area contributed by atoms with Gasteiger partial charge in [-0.15, -0.1) is 0 Å². The molecule has 0 aliphatic rings. The molecule has 1 aromatic heterocycles. The first-order chi connectivity index (χ1) is 5.45. The average molecular weight is 178 g/mol. The summed E-state index contributed by atoms with van der Waals surface area (Å²) in [5.74, 6) is -0.306. The molecule has 0 saturated carbocycles. The summed E-state index contributed by atoms with van der Waals surface area (Å²) in [4.78, 5) is 15.3. The van der Waals surface area contributed by atoms with Gasteiger partial charge in [0.2, 0.25) is 0 Å². The van der Waals surface area contributed by atoms with Gasteiger partial charge in [-0.3, -0.25) is 4.79 Å². The predicted octanol–water partition coefficient (Wildman–Crippen LogP) is 1.55. The van der Waals surface area contributed by atoms with Crippen molar-refractivity contribution in [3.05, 3.63) is 17.2 Å². The lowest BCUT2D eigenvalue weighted by Gasteiger charge is -2.01. The second-order valence-electron chi connectivity index (χ2n) is 2.21. The van der Waals surface area contributed by atoms with Gasteiger partial charge < -0.3 is 4.98 Å². The van der Waals surface area contributed by atoms with Crippen molar-refractivity contribution in [1.29, 1.82) is 0 Å². The van der Waals surface area contributed by atoms with E-state index < -0.39 is 11.9 Å². The number of halogens is 3. The standard InChI is InChI=1S/C6H5F3N2O/c1-3-5(6(7,8)9)11-4(2-12)10-3/h2H,1H3,(H,10,11). The molecule has 0 atom stereocenters. The van der Waals surface area contributed by atoms with E-state index in [1.165, 1.54) is 6.92 Å². The van der Waals surface area contributed by atoms with Crippen molar-refractivity contribution in [1.82, 2.24) is 9.97 Å². The van der Waals surface area contributed by atoms with Gasteiger partial charge in [0.25, 0.3) is 0 Å². The minimum absolute atomic E-state index is 0.149. The van der Waals surface area contributed by atoms with Gasteiger partial charge in [0.15, 0.2) is 17.8 Å². The number of aromatic amines is 1. The number of aromatic nitrogens is 2. The minimum Gasteiger partial charge on any atom is -0.339 e. The van der Waals surface area contributed by atoms with Crippen molar-refractivity contribution >= 4 is 6.29 Å². The summed E-state index contributed by atoms with van der Waals surface area (Å²) in [6, 6.07) is 0. The summed E-state index contributed by atoms with van der Waals surface area (Å²) in [6.07, 6.45) is -4.26. The van der Waals surface area contributed by atoms with Crippen molar-refractivity contribution in [2.75, 3.05) is 0 Å². The van der Waals surface area contributed by atoms with Gasteiger partial charge in [-0.1, -0.05) is 0 Å². The number of nitrogens with zero attached hydrogens (tertiary/aromatic N) is 1. The van der Waals surface area contributed by atoms with Gasteiger partial charge in [-0.2, -0.15) is 13.2 Å². The summed E-state index contributed by atoms with van der Waals surface area (Å²) in [7, 11) is 0. The quantitative estimate of drug-likeness (QED) is 0.663. The molecule has 0 bridgehead atoms. The van der Waals surface area contributed by atoms with Gasteiger partial charge >= 0.3 is 6.18 Å². The lowest BCUT2D eigenvalue weighted by atomic mass is 10.3. The molecule has 0 amide bonds. The maximum atomic E-state index is 12.0. The molecule has 6 heteroatoms. The molecular formula is C6H5F3N2O. The first kappa shape index (κ1) is 8.76. The van der Waals surface area contributed by atoms with Crippen molar-refractivity contribution in [3.63, 3.8) is 0 Å². The fourth-order valence-corrected chi connectivity index (χ4v) is 0.815. The number of imidazole rings is 1. The molecule has 3 nitrogen and oxygen atoms in total. The van der Waals surface area contributed by atoms with Crippen molar-refractivity contribution in [2.45, 2.75) is 13.1 Å². The fourth-order valence-electron chi connectivity index (χ4n) is 0.815. The summed E-state index contributed by atoms with van der Waals surface area (Å²) in [5, 5.41) is 0. The molecule has 0 saturated heterocycles. The van der Waals surface area contributed by atoms with E-state index in [1.807, 2.05) is 0 Å². The van der Waals surface area contributed by atoms with E-state index in [4.69, 9.17) is 0 Å². The molecule has 1 aromatic rings. The Balaban J connectivity index is 3.16. The minimum atomic E-state index is -4.50. The molecule has 0 unspecified atom stereocenters. The van der Waals surface area contributed by atoms with Gasteiger partial charge in [-0.05, 0) is 6.92 Å². The number of nitrogens with one attached hydrogen (secondary N) is 1. The second kappa shape index (κ2) is 2.62. The molecule has 0 radical (unpaired) electrons. The predicted molar refractivity (Wildman–Crippen MR) is 33.7 cm³/mol. The number of carbonyl (C=O) groups is 1. The maximum Gasteiger partial charge on any atom is 0.435 e. The third-order valence-electron chi connectivity index (χ3n) is 1.28. The van der Waals surface area contributed by atoms with Gasteiger partial charge in [0.1, 0.15) is 0 Å². The van der Waals surface area contributed by atoms with Crippen molar-refractivity contribution in [2.24, 2.45) is 0 Å². The van der Waals surface area contributed by atoms with Crippen LogP contribution in [-0.2, 0) is 6.18 Å². The van der Waals surface area contributed by atoms with Crippen LogP contribution in [0, 0.1) is 6.92 Å². The highest BCUT2D eigenvalue weighted by molar-refractivity contribution is 5.69. The highest BCUT2D eigenvalue weighted by Gasteiger charge is 2.35. The van der Waals surface area contributed by atoms with Gasteiger partial charge in [0, 0.05) is 5.69 Å². The molecule has 0 aliphatic heterocycles. The first-order valence-electron chi connectivity index (χ1n) is 3.04. The largest absolute Gasteiger partial charge is 0.435 e. The van der Waals surface area contributed by atoms with Crippen LogP contribution in [0.25, 0.3) is 0 Å². The summed E-state index contributed by atoms with van der Waals surface area (Å²) in [6.45, 7) is 1.21. The zero-order valence-corrected chi connectivity index (χ0v) is 6.07. The van der Waals surface area contributed by atoms with Crippen LogP contribution in [0.2, 0.25) is 0 Å². The van der Waals surface area contributed by atoms with E-state index in [0.717, 1.165) is 0 Å². The molecule has 12 heavy (non-hydrogen) atoms. The van der Waals surface area contributed by atoms with Crippen LogP contribution in [-0.4, -0.2) is 16.3 Å². The third-order valence-corrected chi connectivity index (χ3v) is 1.28. The molecule has 0 fully saturated rings. The highest BCUT2D eigenvalue weighted by Crippen LogP contribution is 2.29. The van der Waals surface area contributed by atoms with E-state index >= 15 is 0 Å². The smallest absolute Gasteiger partial charge is 0.339 e. The van der Waals surface area contributed by atoms with Crippen LogP contribution >= 0.6 is 0 Å². The van der Waals surface area contributed by atoms with Crippen LogP contribution in [0.4, 0.5) is 13.2 Å². The Bertz CT molecular complexity index is 302. The summed E-state index contributed by atoms with van der Waals surface area (Å²) >= 11 is 0. The molecule has 1 heterocycles. The molecule has 1 N–H and O–H groups in total. The average Bonchev–Trinajstić information content (AvgIpc) is 2.29. The van der Waals surface area contributed by atoms with Crippen LogP contribution in [0.1, 0.15) is 22.0 Å². The number of aldehydes is 1. The number of hydrogen-bond acceptors (Lipinski definition) is 2. The SMILES string of the molecule is Cc1[nH]c(C=O)nc1C(F)(F)F. The van der Waals surface area contributed by atoms with E-state index in [1.54, 1.807) is 0 Å². The van der Waals surface area contributed by atoms with E-state index in [2.05, 4.69) is 9.97 Å². The first-order valence-corrected chi connectivity index (χ1v) is 3.04. The Kier molecular flexibility index (Phi) is 1.91. The molecule has 0 aliphatic carbocycles. The zero-order valence-electron chi connectivity index (χ0n) is 6.07. The highest BCUT2D eigenvalue weighted by atomic mass is 19.4. The molecular weight excluding hydrogens is 173 g/mol. The Hall–Kier alpha value is -1.33. The number of alkyl halides is 3. The van der Waals surface area contributed by atoms with E-state index in [9.17, 15) is 18.0 Å². The number of carbonyl (C=O) groups excluding carboxylic acids is 1. The Labute approximate surface area is 65.6 Å². The van der Waals surface area contributed by atoms with Crippen molar-refractivity contribution in [3.8, 4) is 0 Å². The van der Waals surface area contributed by atoms with Crippen LogP contribution in [0.5, 0.6) is 0 Å². The van der Waals surface area contributed by atoms with Crippen LogP contribution in [0.15, 0.2) is 0 Å². The molecule has 1 rings (SSSR count). The number of hydrogen-bond donors (Lipinski definition) is 1. The molecule has 66 valence electrons. The van der Waals surface area contributed by atoms with Crippen LogP contribution in [0.3, 0.4) is 0 Å². The molecule has 0 spiro atoms. The molecule has 0 aromatic carbocycles. The maximum absolute atomic E-state index is 12.0. The topological polar surface area (TPSA) is 45.8 Å². The zero-order chi connectivity index (χ0) is 9.35. The normalized spacial score (nSPS) is 11.7. The van der Waals surface area contributed by atoms with Gasteiger partial charge in [0.05, 0.1) is 0 Å². The number of aryl methyl sites for hydroxylation is 1. The van der Waals surface area contributed by atoms with E-state index in [-0.39, 0.29) is 17.8 Å². The third kappa shape index (κ3) is 1.46. The number of rotatable bonds is 1. The lowest BCUT2D eigenvalue weighted by molar-refractivity contribution is -0.141. The summed E-state index contributed by atoms with van der Waals surface area (Å²) < 4.78 is 36.0. The van der Waals surface area contributed by atoms with Crippen molar-refractivity contribution < 1.29 is 18.0 Å². The fraction of sp³-hybridized carbons (Fsp3) is 0.333. The Morgan fingerprint density at radius 1 is 1.50 bits per heavy atom. The van der Waals surface area contributed by atoms with Crippen LogP contribution < -0.4 is 0 Å². The number of H-pyrrole nitrogens is 1. The Morgan fingerprint density at radius 3 is 2.33 bits per heavy atom. The van der Waals surface area contributed by atoms with Gasteiger partial charge in [-0.25, -0.2) is 4.98 Å². The summed E-state index contributed by atoms with van der Waals surface area (Å²) in [5.41, 5.74) is -1.19.